The zero-order valence-corrected chi connectivity index (χ0v) is 10.2. The second-order valence-electron chi connectivity index (χ2n) is 2.72. The molecule has 6 nitrogen and oxygen atoms in total. The van der Waals surface area contributed by atoms with Gasteiger partial charge in [0, 0.05) is 12.0 Å². The molecule has 9 heteroatoms. The number of nitrogens with zero attached hydrogens (tertiary/aromatic N) is 3. The Labute approximate surface area is 96.6 Å². The minimum absolute atomic E-state index is 0.00403. The van der Waals surface area contributed by atoms with Crippen LogP contribution in [0.2, 0.25) is 5.28 Å². The number of rotatable bonds is 4. The van der Waals surface area contributed by atoms with Crippen LogP contribution in [0.5, 0.6) is 0 Å². The maximum atomic E-state index is 10.8. The molecule has 1 heterocycles. The van der Waals surface area contributed by atoms with Crippen LogP contribution in [0.25, 0.3) is 0 Å². The first-order valence-corrected chi connectivity index (χ1v) is 7.27. The second-order valence-corrected chi connectivity index (χ2v) is 6.38. The van der Waals surface area contributed by atoms with E-state index in [1.54, 1.807) is 0 Å². The smallest absolute Gasteiger partial charge is 0.228 e. The third-order valence-corrected chi connectivity index (χ3v) is 3.51. The predicted molar refractivity (Wildman–Crippen MR) is 59.7 cm³/mol. The molecule has 0 aliphatic heterocycles. The van der Waals surface area contributed by atoms with Gasteiger partial charge in [0.25, 0.3) is 0 Å². The largest absolute Gasteiger partial charge is 0.368 e. The maximum absolute atomic E-state index is 10.8. The van der Waals surface area contributed by atoms with E-state index in [4.69, 9.17) is 17.3 Å². The Morgan fingerprint density at radius 2 is 2.07 bits per heavy atom. The number of hydrogen-bond acceptors (Lipinski definition) is 7. The fraction of sp³-hybridized carbons (Fsp3) is 0.500. The van der Waals surface area contributed by atoms with Crippen LogP contribution in [-0.4, -0.2) is 41.1 Å². The van der Waals surface area contributed by atoms with Crippen molar-refractivity contribution < 1.29 is 8.42 Å². The molecular formula is C6H9ClN4O2S2. The van der Waals surface area contributed by atoms with Gasteiger partial charge < -0.3 is 5.73 Å². The predicted octanol–water partition coefficient (Wildman–Crippen LogP) is 0.244. The molecule has 2 N–H and O–H groups in total. The van der Waals surface area contributed by atoms with E-state index in [9.17, 15) is 8.42 Å². The van der Waals surface area contributed by atoms with E-state index in [1.165, 1.54) is 18.0 Å². The Kier molecular flexibility index (Phi) is 4.12. The summed E-state index contributed by atoms with van der Waals surface area (Å²) in [6.07, 6.45) is 1.17. The van der Waals surface area contributed by atoms with Crippen molar-refractivity contribution in [2.75, 3.05) is 23.5 Å². The van der Waals surface area contributed by atoms with E-state index in [-0.39, 0.29) is 17.0 Å². The monoisotopic (exact) mass is 268 g/mol. The van der Waals surface area contributed by atoms with E-state index in [0.717, 1.165) is 0 Å². The van der Waals surface area contributed by atoms with Crippen LogP contribution < -0.4 is 5.73 Å². The molecule has 1 aromatic rings. The van der Waals surface area contributed by atoms with Crippen LogP contribution in [0, 0.1) is 0 Å². The first-order valence-electron chi connectivity index (χ1n) is 3.84. The van der Waals surface area contributed by atoms with E-state index in [2.05, 4.69) is 15.0 Å². The molecule has 1 aromatic heterocycles. The average Bonchev–Trinajstić information content (AvgIpc) is 1.99. The third kappa shape index (κ3) is 5.14. The topological polar surface area (TPSA) is 98.8 Å². The lowest BCUT2D eigenvalue weighted by Gasteiger charge is -2.00. The number of halogens is 1. The minimum atomic E-state index is -2.97. The Bertz CT molecular complexity index is 430. The van der Waals surface area contributed by atoms with Crippen LogP contribution >= 0.6 is 23.4 Å². The van der Waals surface area contributed by atoms with Gasteiger partial charge in [-0.15, -0.1) is 0 Å². The number of anilines is 1. The molecule has 0 saturated carbocycles. The summed E-state index contributed by atoms with van der Waals surface area (Å²) in [5, 5.41) is 0.334. The van der Waals surface area contributed by atoms with Crippen molar-refractivity contribution in [1.29, 1.82) is 0 Å². The standard InChI is InChI=1S/C6H9ClN4O2S2/c1-15(12,13)3-2-14-6-10-4(7)9-5(8)11-6/h2-3H2,1H3,(H2,8,9,10,11). The number of hydrogen-bond donors (Lipinski definition) is 1. The molecule has 0 bridgehead atoms. The number of nitrogens with two attached hydrogens (primary N) is 1. The molecule has 0 amide bonds. The average molecular weight is 269 g/mol. The number of sulfone groups is 1. The van der Waals surface area contributed by atoms with Crippen molar-refractivity contribution in [3.63, 3.8) is 0 Å². The van der Waals surface area contributed by atoms with Crippen molar-refractivity contribution >= 4 is 39.1 Å². The molecule has 0 saturated heterocycles. The highest BCUT2D eigenvalue weighted by Crippen LogP contribution is 2.15. The van der Waals surface area contributed by atoms with E-state index in [1.807, 2.05) is 0 Å². The first-order chi connectivity index (χ1) is 6.87. The van der Waals surface area contributed by atoms with Gasteiger partial charge in [0.05, 0.1) is 5.75 Å². The van der Waals surface area contributed by atoms with Gasteiger partial charge in [0.2, 0.25) is 11.2 Å². The quantitative estimate of drug-likeness (QED) is 0.781. The van der Waals surface area contributed by atoms with Crippen LogP contribution in [0.3, 0.4) is 0 Å². The van der Waals surface area contributed by atoms with Gasteiger partial charge in [-0.3, -0.25) is 0 Å². The molecule has 0 unspecified atom stereocenters. The SMILES string of the molecule is CS(=O)(=O)CCSc1nc(N)nc(Cl)n1. The summed E-state index contributed by atoms with van der Waals surface area (Å²) in [4.78, 5) is 11.2. The molecule has 0 spiro atoms. The Morgan fingerprint density at radius 1 is 1.40 bits per heavy atom. The van der Waals surface area contributed by atoms with E-state index in [0.29, 0.717) is 10.9 Å². The molecule has 0 fully saturated rings. The molecule has 0 radical (unpaired) electrons. The van der Waals surface area contributed by atoms with Gasteiger partial charge in [0.1, 0.15) is 9.84 Å². The highest BCUT2D eigenvalue weighted by molar-refractivity contribution is 8.00. The Hall–Kier alpha value is -0.600. The van der Waals surface area contributed by atoms with Gasteiger partial charge in [-0.25, -0.2) is 8.42 Å². The first kappa shape index (κ1) is 12.5. The fourth-order valence-corrected chi connectivity index (χ4v) is 2.95. The number of thioether (sulfide) groups is 1. The van der Waals surface area contributed by atoms with Crippen LogP contribution in [0.4, 0.5) is 5.95 Å². The summed E-state index contributed by atoms with van der Waals surface area (Å²) in [6.45, 7) is 0. The minimum Gasteiger partial charge on any atom is -0.368 e. The zero-order valence-electron chi connectivity index (χ0n) is 7.84. The molecule has 1 rings (SSSR count). The van der Waals surface area contributed by atoms with Crippen molar-refractivity contribution in [3.8, 4) is 0 Å². The van der Waals surface area contributed by atoms with Crippen molar-refractivity contribution in [3.05, 3.63) is 5.28 Å². The zero-order chi connectivity index (χ0) is 11.5. The van der Waals surface area contributed by atoms with Gasteiger partial charge in [-0.05, 0) is 11.6 Å². The van der Waals surface area contributed by atoms with Gasteiger partial charge in [-0.1, -0.05) is 11.8 Å². The Morgan fingerprint density at radius 3 is 2.60 bits per heavy atom. The van der Waals surface area contributed by atoms with E-state index < -0.39 is 9.84 Å². The third-order valence-electron chi connectivity index (χ3n) is 1.29. The summed E-state index contributed by atoms with van der Waals surface area (Å²) in [5.74, 6) is 0.441. The van der Waals surface area contributed by atoms with Crippen molar-refractivity contribution in [2.24, 2.45) is 0 Å². The highest BCUT2D eigenvalue weighted by Gasteiger charge is 2.06. The van der Waals surface area contributed by atoms with Crippen molar-refractivity contribution in [2.45, 2.75) is 5.16 Å². The summed E-state index contributed by atoms with van der Waals surface area (Å²) >= 11 is 6.71. The molecule has 0 atom stereocenters. The summed E-state index contributed by atoms with van der Waals surface area (Å²) in [6, 6.07) is 0. The fourth-order valence-electron chi connectivity index (χ4n) is 0.695. The Balaban J connectivity index is 2.58. The lowest BCUT2D eigenvalue weighted by molar-refractivity contribution is 0.603. The van der Waals surface area contributed by atoms with Crippen LogP contribution in [0.15, 0.2) is 5.16 Å². The molecule has 0 aromatic carbocycles. The highest BCUT2D eigenvalue weighted by atomic mass is 35.5. The molecular weight excluding hydrogens is 260 g/mol. The van der Waals surface area contributed by atoms with Gasteiger partial charge in [0.15, 0.2) is 5.16 Å². The summed E-state index contributed by atoms with van der Waals surface area (Å²) in [7, 11) is -2.97. The van der Waals surface area contributed by atoms with E-state index >= 15 is 0 Å². The van der Waals surface area contributed by atoms with Gasteiger partial charge >= 0.3 is 0 Å². The normalized spacial score (nSPS) is 11.6. The second kappa shape index (κ2) is 4.95. The lowest BCUT2D eigenvalue weighted by atomic mass is 10.9. The number of nitrogen functional groups attached to an aromatic ring is 1. The lowest BCUT2D eigenvalue weighted by Crippen LogP contribution is -2.06. The van der Waals surface area contributed by atoms with Gasteiger partial charge in [-0.2, -0.15) is 15.0 Å². The molecule has 15 heavy (non-hydrogen) atoms. The summed E-state index contributed by atoms with van der Waals surface area (Å²) in [5.41, 5.74) is 5.34. The maximum Gasteiger partial charge on any atom is 0.228 e. The van der Waals surface area contributed by atoms with Crippen LogP contribution in [-0.2, 0) is 9.84 Å². The van der Waals surface area contributed by atoms with Crippen molar-refractivity contribution in [1.82, 2.24) is 15.0 Å². The molecule has 0 aliphatic carbocycles. The summed E-state index contributed by atoms with van der Waals surface area (Å²) < 4.78 is 21.7. The molecule has 84 valence electrons. The van der Waals surface area contributed by atoms with Crippen LogP contribution in [0.1, 0.15) is 0 Å². The molecule has 0 aliphatic rings. The number of aromatic nitrogens is 3.